The molecule has 0 spiro atoms. The molecule has 30 nitrogen and oxygen atoms in total. The predicted molar refractivity (Wildman–Crippen MR) is 467 cm³/mol. The monoisotopic (exact) mass is 1780 g/mol. The highest BCUT2D eigenvalue weighted by Crippen LogP contribution is 2.54. The molecule has 670 valence electrons. The number of nitrogens with zero attached hydrogens (tertiary/aromatic N) is 13. The fourth-order valence-electron chi connectivity index (χ4n) is 17.0. The summed E-state index contributed by atoms with van der Waals surface area (Å²) in [7, 11) is 2.34. The zero-order chi connectivity index (χ0) is 90.2. The smallest absolute Gasteiger partial charge is 0.331 e. The van der Waals surface area contributed by atoms with Crippen LogP contribution in [0.25, 0.3) is 0 Å². The number of carbonyl (C=O) groups excluding carboxylic acids is 12. The van der Waals surface area contributed by atoms with Crippen molar-refractivity contribution in [3.8, 4) is 12.3 Å². The summed E-state index contributed by atoms with van der Waals surface area (Å²) < 4.78 is 32.0. The van der Waals surface area contributed by atoms with Crippen LogP contribution in [0.5, 0.6) is 0 Å². The van der Waals surface area contributed by atoms with E-state index in [-0.39, 0.29) is 178 Å². The minimum absolute atomic E-state index is 0.0128. The third kappa shape index (κ3) is 26.3. The quantitative estimate of drug-likeness (QED) is 0.00873. The number of aromatic nitrogens is 9. The second kappa shape index (κ2) is 45.3. The number of imide groups is 2. The average molecular weight is 1780 g/mol. The van der Waals surface area contributed by atoms with Crippen molar-refractivity contribution in [2.75, 3.05) is 45.9 Å². The maximum Gasteiger partial charge on any atom is 0.331 e. The van der Waals surface area contributed by atoms with Gasteiger partial charge in [0.1, 0.15) is 41.7 Å². The number of fused-ring (bicyclic) bond motifs is 10. The molecule has 6 amide bonds. The van der Waals surface area contributed by atoms with E-state index in [0.29, 0.717) is 82.0 Å². The fraction of sp³-hybridized carbons (Fsp3) is 0.600. The molecule has 6 aliphatic rings. The van der Waals surface area contributed by atoms with E-state index in [2.05, 4.69) is 83.5 Å². The SMILES string of the molecule is C#CCN(CCCCCCN1C(=O)C2[C@@H](C1=O)[C@@H]1C=C[C@H]2C1)C(=O)CCC(=O)OCc1cn(C(CC(C)(C)C(=O)OCC)c2ccccc2)nn1.CCOC(=O)C(C)(C)CC(c1ccccc1)n1cc(COC(=O)CCC(=O)N(CCCCCCN2C(=O)C3[C@@H](C2=O)[C@@H]2C=C[C@H]3C2)Cc2cn(C(CC(C)(C)C(C)=O)C(=O)OC(C)(C)C)nn2)nn1.S=S=S=S. The lowest BCUT2D eigenvalue weighted by Gasteiger charge is -2.29. The molecule has 5 aromatic rings. The van der Waals surface area contributed by atoms with E-state index < -0.39 is 45.8 Å². The predicted octanol–water partition coefficient (Wildman–Crippen LogP) is 11.0. The zero-order valence-corrected chi connectivity index (χ0v) is 76.5. The lowest BCUT2D eigenvalue weighted by molar-refractivity contribution is -0.161. The molecule has 0 N–H and O–H groups in total. The van der Waals surface area contributed by atoms with Gasteiger partial charge in [-0.2, -0.15) is 0 Å². The minimum atomic E-state index is -0.967. The van der Waals surface area contributed by atoms with Gasteiger partial charge in [-0.05, 0) is 162 Å². The van der Waals surface area contributed by atoms with Crippen molar-refractivity contribution in [3.05, 3.63) is 132 Å². The first-order chi connectivity index (χ1) is 59.0. The van der Waals surface area contributed by atoms with Crippen LogP contribution >= 0.6 is 0 Å². The van der Waals surface area contributed by atoms with Crippen molar-refractivity contribution in [2.24, 2.45) is 63.6 Å². The first-order valence-corrected chi connectivity index (χ1v) is 46.9. The molecule has 4 bridgehead atoms. The van der Waals surface area contributed by atoms with Gasteiger partial charge in [-0.1, -0.05) is 146 Å². The third-order valence-corrected chi connectivity index (χ3v) is 26.1. The van der Waals surface area contributed by atoms with E-state index in [0.717, 1.165) is 56.1 Å². The number of esters is 5. The summed E-state index contributed by atoms with van der Waals surface area (Å²) in [5.74, 6) is -0.643. The molecular weight excluding hydrogens is 1660 g/mol. The Balaban J connectivity index is 0.000000280. The number of rotatable bonds is 44. The molecule has 124 heavy (non-hydrogen) atoms. The van der Waals surface area contributed by atoms with Crippen LogP contribution in [-0.4, -0.2) is 187 Å². The number of unbranched alkanes of at least 4 members (excludes halogenated alkanes) is 6. The van der Waals surface area contributed by atoms with Gasteiger partial charge >= 0.3 is 29.8 Å². The van der Waals surface area contributed by atoms with Gasteiger partial charge in [0.2, 0.25) is 35.4 Å². The Morgan fingerprint density at radius 1 is 0.500 bits per heavy atom. The van der Waals surface area contributed by atoms with Crippen LogP contribution in [0.2, 0.25) is 0 Å². The number of terminal acetylenes is 1. The highest BCUT2D eigenvalue weighted by Gasteiger charge is 2.60. The van der Waals surface area contributed by atoms with Crippen molar-refractivity contribution in [3.63, 3.8) is 0 Å². The zero-order valence-electron chi connectivity index (χ0n) is 73.2. The number of allylic oxidation sites excluding steroid dienone is 4. The van der Waals surface area contributed by atoms with E-state index in [1.807, 2.05) is 88.4 Å². The summed E-state index contributed by atoms with van der Waals surface area (Å²) in [4.78, 5) is 162. The second-order valence-corrected chi connectivity index (χ2v) is 39.0. The molecular formula is C90H119N13O17S4. The van der Waals surface area contributed by atoms with Crippen LogP contribution in [0.3, 0.4) is 0 Å². The Morgan fingerprint density at radius 2 is 0.879 bits per heavy atom. The number of hydrogen-bond acceptors (Lipinski definition) is 25. The van der Waals surface area contributed by atoms with Gasteiger partial charge in [0, 0.05) is 84.6 Å². The van der Waals surface area contributed by atoms with Crippen LogP contribution in [0, 0.1) is 75.9 Å². The van der Waals surface area contributed by atoms with Crippen LogP contribution in [0.4, 0.5) is 0 Å². The Morgan fingerprint density at radius 3 is 1.27 bits per heavy atom. The second-order valence-electron chi connectivity index (χ2n) is 35.5. The lowest BCUT2D eigenvalue weighted by Crippen LogP contribution is -2.35. The Bertz CT molecular complexity index is 4720. The Labute approximate surface area is 741 Å². The molecule has 2 saturated carbocycles. The third-order valence-electron chi connectivity index (χ3n) is 23.9. The van der Waals surface area contributed by atoms with Gasteiger partial charge in [0.05, 0.1) is 104 Å². The molecule has 34 heteroatoms. The van der Waals surface area contributed by atoms with Gasteiger partial charge in [-0.3, -0.25) is 62.5 Å². The molecule has 4 aliphatic carbocycles. The van der Waals surface area contributed by atoms with Crippen molar-refractivity contribution in [2.45, 2.75) is 236 Å². The molecule has 11 rings (SSSR count). The lowest BCUT2D eigenvalue weighted by atomic mass is 9.82. The van der Waals surface area contributed by atoms with Crippen molar-refractivity contribution in [1.29, 1.82) is 0 Å². The van der Waals surface area contributed by atoms with E-state index in [1.54, 1.807) is 86.2 Å². The number of hydrogen-bond donors (Lipinski definition) is 0. The van der Waals surface area contributed by atoms with E-state index in [1.165, 1.54) is 39.2 Å². The molecule has 5 heterocycles. The largest absolute Gasteiger partial charge is 0.466 e. The summed E-state index contributed by atoms with van der Waals surface area (Å²) in [5.41, 5.74) is -0.234. The molecule has 2 saturated heterocycles. The number of amides is 6. The van der Waals surface area contributed by atoms with Crippen LogP contribution in [0.1, 0.15) is 239 Å². The topological polar surface area (TPSA) is 356 Å². The number of likely N-dealkylation sites (tertiary alicyclic amines) is 2. The van der Waals surface area contributed by atoms with Gasteiger partial charge in [0.15, 0.2) is 6.04 Å². The fourth-order valence-corrected chi connectivity index (χ4v) is 17.0. The van der Waals surface area contributed by atoms with E-state index in [9.17, 15) is 57.5 Å². The molecule has 2 aromatic carbocycles. The van der Waals surface area contributed by atoms with Crippen LogP contribution in [0.15, 0.2) is 104 Å². The molecule has 0 radical (unpaired) electrons. The normalized spacial score (nSPS) is 19.7. The molecule has 2 aliphatic heterocycles. The summed E-state index contributed by atoms with van der Waals surface area (Å²) in [6, 6.07) is 17.6. The minimum Gasteiger partial charge on any atom is -0.466 e. The average Bonchev–Trinajstić information content (AvgIpc) is 1.58. The molecule has 3 aromatic heterocycles. The van der Waals surface area contributed by atoms with Gasteiger partial charge in [-0.25, -0.2) is 18.8 Å². The van der Waals surface area contributed by atoms with E-state index >= 15 is 0 Å². The van der Waals surface area contributed by atoms with Crippen LogP contribution < -0.4 is 0 Å². The molecule has 11 atom stereocenters. The van der Waals surface area contributed by atoms with Crippen LogP contribution in [-0.2, 0) is 141 Å². The van der Waals surface area contributed by atoms with Gasteiger partial charge in [-0.15, -0.1) is 21.7 Å². The van der Waals surface area contributed by atoms with Crippen molar-refractivity contribution in [1.82, 2.24) is 64.6 Å². The highest BCUT2D eigenvalue weighted by molar-refractivity contribution is 8.51. The number of ether oxygens (including phenoxy) is 5. The van der Waals surface area contributed by atoms with Crippen molar-refractivity contribution >= 4 is 111 Å². The highest BCUT2D eigenvalue weighted by atomic mass is 33.2. The summed E-state index contributed by atoms with van der Waals surface area (Å²) in [6.07, 6.45) is 26.8. The molecule has 4 fully saturated rings. The Kier molecular flexibility index (Phi) is 35.7. The summed E-state index contributed by atoms with van der Waals surface area (Å²) >= 11 is 8.66. The Hall–Kier alpha value is -9.98. The standard InChI is InChI=1S/C51H70N8O10.C39H49N5O7.S4/c1-10-67-48(66)51(8,9)27-39(34-18-14-13-15-19-34)58-31-38(53-55-58)32-68-42(62)23-22-41(61)56(24-16-11-12-17-25-57-45(63)43-35-20-21-36(26-35)44(43)46(57)64)29-37-30-59(54-52-37)40(28-50(6,7)33(2)60)47(65)69-49(3,4)5;1-5-20-42(21-12-7-8-13-22-43-36(47)34-28-16-17-29(23-28)35(34)37(43)48)32(45)18-19-33(46)51-26-30-25-44(41-40-30)31(27-14-10-9-11-15-27)24-39(3,4)38(49)50-6-2;1-3-4-2/h13-15,18-21,30-31,35-36,39-40,43-44H,10-12,16-17,22-29,32H2,1-9H3;1,9-11,14-17,25,28-29,31,34-35H,6-8,12-13,18-24,26H2,2-4H3;/t35-,36+,39?,40?,43+,44?;28-,29+,31?,34+,35?;/m11./s1. The maximum atomic E-state index is 13.9. The number of benzene rings is 2. The number of carbonyl (C=O) groups is 12. The van der Waals surface area contributed by atoms with E-state index in [4.69, 9.17) is 30.1 Å². The van der Waals surface area contributed by atoms with Crippen molar-refractivity contribution < 1.29 is 81.2 Å². The first kappa shape index (κ1) is 97.8. The number of Topliss-reactive ketones (excluding diaryl/α,β-unsaturated/α-hetero) is 1. The molecule has 5 unspecified atom stereocenters. The number of ketones is 1. The van der Waals surface area contributed by atoms with Gasteiger partial charge in [0.25, 0.3) is 0 Å². The maximum absolute atomic E-state index is 13.9. The summed E-state index contributed by atoms with van der Waals surface area (Å²) in [6.45, 7) is 23.1. The van der Waals surface area contributed by atoms with Gasteiger partial charge < -0.3 is 33.5 Å². The summed E-state index contributed by atoms with van der Waals surface area (Å²) in [5, 5.41) is 25.6. The first-order valence-electron chi connectivity index (χ1n) is 42.9.